The zero-order valence-corrected chi connectivity index (χ0v) is 15.0. The summed E-state index contributed by atoms with van der Waals surface area (Å²) in [7, 11) is 0. The van der Waals surface area contributed by atoms with E-state index in [2.05, 4.69) is 45.1 Å². The molecule has 21 heavy (non-hydrogen) atoms. The van der Waals surface area contributed by atoms with Crippen molar-refractivity contribution in [1.82, 2.24) is 5.32 Å². The highest BCUT2D eigenvalue weighted by Crippen LogP contribution is 2.30. The summed E-state index contributed by atoms with van der Waals surface area (Å²) in [5.74, 6) is 0.803. The zero-order valence-electron chi connectivity index (χ0n) is 14.2. The molecule has 0 aliphatic carbocycles. The molecular formula is C19H32ClN. The lowest BCUT2D eigenvalue weighted by atomic mass is 9.87. The predicted molar refractivity (Wildman–Crippen MR) is 95.1 cm³/mol. The Bertz CT molecular complexity index is 403. The average Bonchev–Trinajstić information content (AvgIpc) is 2.49. The molecule has 1 aromatic rings. The smallest absolute Gasteiger partial charge is 0.0409 e. The van der Waals surface area contributed by atoms with E-state index in [9.17, 15) is 0 Å². The van der Waals surface area contributed by atoms with Crippen LogP contribution in [0.25, 0.3) is 0 Å². The third kappa shape index (κ3) is 6.40. The van der Waals surface area contributed by atoms with Crippen molar-refractivity contribution in [3.63, 3.8) is 0 Å². The first kappa shape index (κ1) is 18.5. The molecule has 120 valence electrons. The van der Waals surface area contributed by atoms with Crippen LogP contribution in [-0.4, -0.2) is 6.54 Å². The highest BCUT2D eigenvalue weighted by Gasteiger charge is 2.18. The van der Waals surface area contributed by atoms with Crippen LogP contribution in [0.15, 0.2) is 18.2 Å². The van der Waals surface area contributed by atoms with Crippen LogP contribution in [0.1, 0.15) is 76.5 Å². The molecule has 0 saturated heterocycles. The van der Waals surface area contributed by atoms with Crippen LogP contribution < -0.4 is 5.32 Å². The number of unbranched alkanes of at least 4 members (excludes halogenated alkanes) is 1. The molecule has 2 unspecified atom stereocenters. The van der Waals surface area contributed by atoms with Gasteiger partial charge < -0.3 is 5.32 Å². The number of hydrogen-bond donors (Lipinski definition) is 1. The minimum absolute atomic E-state index is 0.436. The summed E-state index contributed by atoms with van der Waals surface area (Å²) in [6.07, 6.45) is 7.63. The Morgan fingerprint density at radius 3 is 2.52 bits per heavy atom. The second-order valence-corrected chi connectivity index (χ2v) is 6.60. The number of aryl methyl sites for hydroxylation is 1. The van der Waals surface area contributed by atoms with Gasteiger partial charge >= 0.3 is 0 Å². The number of halogens is 1. The van der Waals surface area contributed by atoms with Crippen LogP contribution in [-0.2, 0) is 0 Å². The Morgan fingerprint density at radius 1 is 1.14 bits per heavy atom. The molecule has 1 rings (SSSR count). The van der Waals surface area contributed by atoms with Crippen molar-refractivity contribution < 1.29 is 0 Å². The summed E-state index contributed by atoms with van der Waals surface area (Å²) in [6.45, 7) is 10.1. The second kappa shape index (κ2) is 10.2. The largest absolute Gasteiger partial charge is 0.310 e. The number of hydrogen-bond acceptors (Lipinski definition) is 1. The molecule has 0 aliphatic heterocycles. The molecule has 1 nitrogen and oxygen atoms in total. The molecular weight excluding hydrogens is 278 g/mol. The first-order valence-corrected chi connectivity index (χ1v) is 8.99. The lowest BCUT2D eigenvalue weighted by Gasteiger charge is -2.26. The van der Waals surface area contributed by atoms with Gasteiger partial charge in [0, 0.05) is 11.1 Å². The normalized spacial score (nSPS) is 14.1. The fourth-order valence-electron chi connectivity index (χ4n) is 2.94. The number of nitrogens with one attached hydrogen (secondary N) is 1. The summed E-state index contributed by atoms with van der Waals surface area (Å²) in [4.78, 5) is 0. The van der Waals surface area contributed by atoms with Crippen molar-refractivity contribution in [2.75, 3.05) is 6.54 Å². The fraction of sp³-hybridized carbons (Fsp3) is 0.684. The molecule has 0 spiro atoms. The number of benzene rings is 1. The van der Waals surface area contributed by atoms with Gasteiger partial charge in [0.25, 0.3) is 0 Å². The molecule has 0 heterocycles. The van der Waals surface area contributed by atoms with E-state index in [4.69, 9.17) is 11.6 Å². The van der Waals surface area contributed by atoms with Crippen LogP contribution in [0.5, 0.6) is 0 Å². The SMILES string of the molecule is CCCCC(CC)CC(NCCC)c1cc(Cl)ccc1C. The highest BCUT2D eigenvalue weighted by molar-refractivity contribution is 6.30. The Balaban J connectivity index is 2.85. The van der Waals surface area contributed by atoms with Crippen molar-refractivity contribution >= 4 is 11.6 Å². The van der Waals surface area contributed by atoms with Crippen molar-refractivity contribution in [2.24, 2.45) is 5.92 Å². The molecule has 0 aromatic heterocycles. The summed E-state index contributed by atoms with van der Waals surface area (Å²) in [6, 6.07) is 6.72. The van der Waals surface area contributed by atoms with Gasteiger partial charge in [-0.1, -0.05) is 64.1 Å². The minimum Gasteiger partial charge on any atom is -0.310 e. The van der Waals surface area contributed by atoms with E-state index in [-0.39, 0.29) is 0 Å². The lowest BCUT2D eigenvalue weighted by Crippen LogP contribution is -2.25. The Kier molecular flexibility index (Phi) is 9.03. The summed E-state index contributed by atoms with van der Waals surface area (Å²) < 4.78 is 0. The van der Waals surface area contributed by atoms with Crippen molar-refractivity contribution in [3.8, 4) is 0 Å². The van der Waals surface area contributed by atoms with Crippen molar-refractivity contribution in [1.29, 1.82) is 0 Å². The summed E-state index contributed by atoms with van der Waals surface area (Å²) in [5.41, 5.74) is 2.73. The Morgan fingerprint density at radius 2 is 1.90 bits per heavy atom. The van der Waals surface area contributed by atoms with Crippen LogP contribution in [0.2, 0.25) is 5.02 Å². The van der Waals surface area contributed by atoms with Crippen LogP contribution in [0, 0.1) is 12.8 Å². The van der Waals surface area contributed by atoms with Gasteiger partial charge in [-0.05, 0) is 55.5 Å². The standard InChI is InChI=1S/C19H32ClN/c1-5-8-9-16(7-3)13-19(21-12-6-2)18-14-17(20)11-10-15(18)4/h10-11,14,16,19,21H,5-9,12-13H2,1-4H3. The molecule has 0 fully saturated rings. The molecule has 2 atom stereocenters. The average molecular weight is 310 g/mol. The maximum Gasteiger partial charge on any atom is 0.0409 e. The monoisotopic (exact) mass is 309 g/mol. The van der Waals surface area contributed by atoms with Crippen LogP contribution in [0.4, 0.5) is 0 Å². The maximum atomic E-state index is 6.22. The summed E-state index contributed by atoms with van der Waals surface area (Å²) >= 11 is 6.22. The van der Waals surface area contributed by atoms with E-state index < -0.39 is 0 Å². The third-order valence-corrected chi connectivity index (χ3v) is 4.60. The zero-order chi connectivity index (χ0) is 15.7. The Hall–Kier alpha value is -0.530. The Labute approximate surface area is 136 Å². The molecule has 1 N–H and O–H groups in total. The van der Waals surface area contributed by atoms with Crippen LogP contribution in [0.3, 0.4) is 0 Å². The van der Waals surface area contributed by atoms with Crippen molar-refractivity contribution in [2.45, 2.75) is 72.3 Å². The van der Waals surface area contributed by atoms with E-state index in [1.165, 1.54) is 49.7 Å². The molecule has 0 radical (unpaired) electrons. The predicted octanol–water partition coefficient (Wildman–Crippen LogP) is 6.30. The van der Waals surface area contributed by atoms with Gasteiger partial charge in [-0.3, -0.25) is 0 Å². The van der Waals surface area contributed by atoms with Gasteiger partial charge in [-0.2, -0.15) is 0 Å². The fourth-order valence-corrected chi connectivity index (χ4v) is 3.12. The van der Waals surface area contributed by atoms with E-state index >= 15 is 0 Å². The van der Waals surface area contributed by atoms with Gasteiger partial charge in [-0.25, -0.2) is 0 Å². The first-order chi connectivity index (χ1) is 10.1. The van der Waals surface area contributed by atoms with Gasteiger partial charge in [-0.15, -0.1) is 0 Å². The van der Waals surface area contributed by atoms with E-state index in [0.717, 1.165) is 17.5 Å². The highest BCUT2D eigenvalue weighted by atomic mass is 35.5. The molecule has 0 bridgehead atoms. The summed E-state index contributed by atoms with van der Waals surface area (Å²) in [5, 5.41) is 4.58. The van der Waals surface area contributed by atoms with Gasteiger partial charge in [0.1, 0.15) is 0 Å². The molecule has 1 aromatic carbocycles. The van der Waals surface area contributed by atoms with E-state index in [0.29, 0.717) is 6.04 Å². The lowest BCUT2D eigenvalue weighted by molar-refractivity contribution is 0.353. The molecule has 0 saturated carbocycles. The van der Waals surface area contributed by atoms with Crippen molar-refractivity contribution in [3.05, 3.63) is 34.3 Å². The minimum atomic E-state index is 0.436. The molecule has 0 aliphatic rings. The van der Waals surface area contributed by atoms with Crippen LogP contribution >= 0.6 is 11.6 Å². The number of rotatable bonds is 10. The van der Waals surface area contributed by atoms with Gasteiger partial charge in [0.2, 0.25) is 0 Å². The topological polar surface area (TPSA) is 12.0 Å². The second-order valence-electron chi connectivity index (χ2n) is 6.16. The maximum absolute atomic E-state index is 6.22. The van der Waals surface area contributed by atoms with Gasteiger partial charge in [0.05, 0.1) is 0 Å². The third-order valence-electron chi connectivity index (χ3n) is 4.37. The molecule has 0 amide bonds. The van der Waals surface area contributed by atoms with E-state index in [1.54, 1.807) is 0 Å². The van der Waals surface area contributed by atoms with Gasteiger partial charge in [0.15, 0.2) is 0 Å². The first-order valence-electron chi connectivity index (χ1n) is 8.61. The quantitative estimate of drug-likeness (QED) is 0.535. The molecule has 2 heteroatoms. The van der Waals surface area contributed by atoms with E-state index in [1.807, 2.05) is 6.07 Å².